The Labute approximate surface area is 148 Å². The molecule has 25 heavy (non-hydrogen) atoms. The van der Waals surface area contributed by atoms with E-state index in [0.29, 0.717) is 37.9 Å². The fourth-order valence-corrected chi connectivity index (χ4v) is 2.05. The fourth-order valence-electron chi connectivity index (χ4n) is 2.05. The number of ether oxygens (including phenoxy) is 3. The van der Waals surface area contributed by atoms with Gasteiger partial charge in [0.15, 0.2) is 0 Å². The lowest BCUT2D eigenvalue weighted by Crippen LogP contribution is -2.28. The van der Waals surface area contributed by atoms with E-state index < -0.39 is 6.10 Å². The van der Waals surface area contributed by atoms with Crippen LogP contribution in [0.1, 0.15) is 19.5 Å². The van der Waals surface area contributed by atoms with Crippen LogP contribution in [0, 0.1) is 0 Å². The standard InChI is InChI=1S/C19H24N2O4/c1-3-23-11-12-24-15(2)19(22)21-16-8-6-9-18(13-16)25-14-17-7-4-5-10-20-17/h4-10,13,15H,3,11-12,14H2,1-2H3,(H,21,22)/t15-/m0/s1. The van der Waals surface area contributed by atoms with E-state index in [-0.39, 0.29) is 5.91 Å². The molecule has 1 aromatic heterocycles. The molecule has 0 radical (unpaired) electrons. The number of nitrogens with one attached hydrogen (secondary N) is 1. The SMILES string of the molecule is CCOCCO[C@@H](C)C(=O)Nc1cccc(OCc2ccccn2)c1. The van der Waals surface area contributed by atoms with Gasteiger partial charge in [-0.2, -0.15) is 0 Å². The van der Waals surface area contributed by atoms with Crippen LogP contribution < -0.4 is 10.1 Å². The van der Waals surface area contributed by atoms with Gasteiger partial charge in [-0.15, -0.1) is 0 Å². The van der Waals surface area contributed by atoms with Gasteiger partial charge in [0.25, 0.3) is 5.91 Å². The topological polar surface area (TPSA) is 69.7 Å². The third-order valence-corrected chi connectivity index (χ3v) is 3.38. The largest absolute Gasteiger partial charge is 0.487 e. The number of pyridine rings is 1. The Morgan fingerprint density at radius 3 is 2.84 bits per heavy atom. The first-order valence-electron chi connectivity index (χ1n) is 8.32. The van der Waals surface area contributed by atoms with Gasteiger partial charge in [0.2, 0.25) is 0 Å². The van der Waals surface area contributed by atoms with E-state index in [4.69, 9.17) is 14.2 Å². The minimum Gasteiger partial charge on any atom is -0.487 e. The molecule has 0 saturated carbocycles. The average molecular weight is 344 g/mol. The van der Waals surface area contributed by atoms with Gasteiger partial charge in [-0.05, 0) is 38.1 Å². The summed E-state index contributed by atoms with van der Waals surface area (Å²) in [5.41, 5.74) is 1.50. The Morgan fingerprint density at radius 2 is 2.08 bits per heavy atom. The van der Waals surface area contributed by atoms with Crippen molar-refractivity contribution in [3.8, 4) is 5.75 Å². The van der Waals surface area contributed by atoms with Crippen molar-refractivity contribution in [1.29, 1.82) is 0 Å². The summed E-state index contributed by atoms with van der Waals surface area (Å²) in [5.74, 6) is 0.451. The highest BCUT2D eigenvalue weighted by atomic mass is 16.5. The quantitative estimate of drug-likeness (QED) is 0.671. The first kappa shape index (κ1) is 18.9. The molecule has 0 fully saturated rings. The van der Waals surface area contributed by atoms with Crippen LogP contribution in [0.15, 0.2) is 48.7 Å². The second kappa shape index (κ2) is 10.4. The fraction of sp³-hybridized carbons (Fsp3) is 0.368. The predicted octanol–water partition coefficient (Wildman–Crippen LogP) is 3.04. The van der Waals surface area contributed by atoms with E-state index in [1.165, 1.54) is 0 Å². The third-order valence-electron chi connectivity index (χ3n) is 3.38. The number of hydrogen-bond donors (Lipinski definition) is 1. The minimum atomic E-state index is -0.557. The molecule has 0 saturated heterocycles. The summed E-state index contributed by atoms with van der Waals surface area (Å²) in [4.78, 5) is 16.3. The molecule has 0 unspecified atom stereocenters. The van der Waals surface area contributed by atoms with E-state index in [9.17, 15) is 4.79 Å². The summed E-state index contributed by atoms with van der Waals surface area (Å²) in [7, 11) is 0. The molecule has 0 aliphatic heterocycles. The zero-order chi connectivity index (χ0) is 17.9. The molecule has 1 aromatic carbocycles. The van der Waals surface area contributed by atoms with E-state index in [2.05, 4.69) is 10.3 Å². The third kappa shape index (κ3) is 6.91. The van der Waals surface area contributed by atoms with Crippen molar-refractivity contribution in [2.45, 2.75) is 26.6 Å². The van der Waals surface area contributed by atoms with Gasteiger partial charge in [0.05, 0.1) is 18.9 Å². The molecule has 1 amide bonds. The number of carbonyl (C=O) groups excluding carboxylic acids is 1. The lowest BCUT2D eigenvalue weighted by molar-refractivity contribution is -0.127. The van der Waals surface area contributed by atoms with Crippen molar-refractivity contribution < 1.29 is 19.0 Å². The molecule has 1 N–H and O–H groups in total. The number of benzene rings is 1. The highest BCUT2D eigenvalue weighted by Crippen LogP contribution is 2.18. The Balaban J connectivity index is 1.82. The zero-order valence-electron chi connectivity index (χ0n) is 14.6. The first-order chi connectivity index (χ1) is 12.2. The molecule has 0 bridgehead atoms. The molecule has 6 heteroatoms. The second-order valence-electron chi connectivity index (χ2n) is 5.34. The van der Waals surface area contributed by atoms with Crippen molar-refractivity contribution in [1.82, 2.24) is 4.98 Å². The van der Waals surface area contributed by atoms with Gasteiger partial charge in [-0.3, -0.25) is 9.78 Å². The van der Waals surface area contributed by atoms with Gasteiger partial charge in [-0.1, -0.05) is 12.1 Å². The summed E-state index contributed by atoms with van der Waals surface area (Å²) < 4.78 is 16.3. The molecule has 134 valence electrons. The number of hydrogen-bond acceptors (Lipinski definition) is 5. The van der Waals surface area contributed by atoms with Crippen LogP contribution in [-0.4, -0.2) is 36.8 Å². The summed E-state index contributed by atoms with van der Waals surface area (Å²) in [6, 6.07) is 12.9. The molecule has 0 spiro atoms. The van der Waals surface area contributed by atoms with Crippen molar-refractivity contribution >= 4 is 11.6 Å². The maximum Gasteiger partial charge on any atom is 0.253 e. The molecule has 2 aromatic rings. The number of anilines is 1. The zero-order valence-corrected chi connectivity index (χ0v) is 14.6. The van der Waals surface area contributed by atoms with Crippen molar-refractivity contribution in [2.75, 3.05) is 25.1 Å². The Morgan fingerprint density at radius 1 is 1.20 bits per heavy atom. The highest BCUT2D eigenvalue weighted by molar-refractivity contribution is 5.94. The lowest BCUT2D eigenvalue weighted by atomic mass is 10.2. The summed E-state index contributed by atoms with van der Waals surface area (Å²) in [6.07, 6.45) is 1.17. The van der Waals surface area contributed by atoms with Crippen LogP contribution in [0.2, 0.25) is 0 Å². The number of aromatic nitrogens is 1. The summed E-state index contributed by atoms with van der Waals surface area (Å²) in [6.45, 7) is 5.49. The monoisotopic (exact) mass is 344 g/mol. The molecule has 0 aliphatic rings. The van der Waals surface area contributed by atoms with Crippen LogP contribution in [0.3, 0.4) is 0 Å². The van der Waals surface area contributed by atoms with Crippen LogP contribution in [0.5, 0.6) is 5.75 Å². The molecule has 1 heterocycles. The second-order valence-corrected chi connectivity index (χ2v) is 5.34. The summed E-state index contributed by atoms with van der Waals surface area (Å²) >= 11 is 0. The first-order valence-corrected chi connectivity index (χ1v) is 8.32. The van der Waals surface area contributed by atoms with Crippen LogP contribution in [0.4, 0.5) is 5.69 Å². The highest BCUT2D eigenvalue weighted by Gasteiger charge is 2.13. The van der Waals surface area contributed by atoms with Gasteiger partial charge in [0.1, 0.15) is 18.5 Å². The van der Waals surface area contributed by atoms with Crippen LogP contribution in [-0.2, 0) is 20.9 Å². The van der Waals surface area contributed by atoms with Gasteiger partial charge in [-0.25, -0.2) is 0 Å². The van der Waals surface area contributed by atoms with Crippen molar-refractivity contribution in [3.05, 3.63) is 54.4 Å². The van der Waals surface area contributed by atoms with Gasteiger partial charge < -0.3 is 19.5 Å². The van der Waals surface area contributed by atoms with Crippen LogP contribution in [0.25, 0.3) is 0 Å². The van der Waals surface area contributed by atoms with Crippen molar-refractivity contribution in [3.63, 3.8) is 0 Å². The maximum absolute atomic E-state index is 12.1. The smallest absolute Gasteiger partial charge is 0.253 e. The van der Waals surface area contributed by atoms with E-state index in [1.807, 2.05) is 37.3 Å². The number of rotatable bonds is 10. The molecular weight excluding hydrogens is 320 g/mol. The molecule has 6 nitrogen and oxygen atoms in total. The normalized spacial score (nSPS) is 11.8. The van der Waals surface area contributed by atoms with E-state index >= 15 is 0 Å². The van der Waals surface area contributed by atoms with Gasteiger partial charge >= 0.3 is 0 Å². The minimum absolute atomic E-state index is 0.210. The molecule has 0 aliphatic carbocycles. The Bertz CT molecular complexity index is 649. The van der Waals surface area contributed by atoms with E-state index in [1.54, 1.807) is 25.3 Å². The summed E-state index contributed by atoms with van der Waals surface area (Å²) in [5, 5.41) is 2.82. The maximum atomic E-state index is 12.1. The van der Waals surface area contributed by atoms with Crippen LogP contribution >= 0.6 is 0 Å². The van der Waals surface area contributed by atoms with E-state index in [0.717, 1.165) is 5.69 Å². The number of nitrogens with zero attached hydrogens (tertiary/aromatic N) is 1. The Hall–Kier alpha value is -2.44. The number of carbonyl (C=O) groups is 1. The Kier molecular flexibility index (Phi) is 7.88. The molecule has 2 rings (SSSR count). The predicted molar refractivity (Wildman–Crippen MR) is 95.5 cm³/mol. The lowest BCUT2D eigenvalue weighted by Gasteiger charge is -2.14. The average Bonchev–Trinajstić information content (AvgIpc) is 2.64. The number of amides is 1. The van der Waals surface area contributed by atoms with Crippen molar-refractivity contribution in [2.24, 2.45) is 0 Å². The molecular formula is C19H24N2O4. The van der Waals surface area contributed by atoms with Gasteiger partial charge in [0, 0.05) is 24.6 Å². The molecule has 1 atom stereocenters.